The fourth-order valence-corrected chi connectivity index (χ4v) is 2.84. The Morgan fingerprint density at radius 3 is 2.56 bits per heavy atom. The summed E-state index contributed by atoms with van der Waals surface area (Å²) >= 11 is 0. The first-order valence-corrected chi connectivity index (χ1v) is 7.24. The normalized spacial score (nSPS) is 17.4. The zero-order valence-electron chi connectivity index (χ0n) is 11.3. The molecule has 2 rings (SSSR count). The molecule has 100 valence electrons. The molecule has 1 fully saturated rings. The molecule has 1 aromatic carbocycles. The summed E-state index contributed by atoms with van der Waals surface area (Å²) in [4.78, 5) is 0. The van der Waals surface area contributed by atoms with E-state index in [0.717, 1.165) is 13.1 Å². The molecule has 0 amide bonds. The highest BCUT2D eigenvalue weighted by Crippen LogP contribution is 2.34. The van der Waals surface area contributed by atoms with Gasteiger partial charge in [0.25, 0.3) is 0 Å². The van der Waals surface area contributed by atoms with E-state index in [-0.39, 0.29) is 11.2 Å². The molecular weight excluding hydrogens is 225 g/mol. The molecule has 0 saturated carbocycles. The quantitative estimate of drug-likeness (QED) is 0.719. The minimum atomic E-state index is -0.107. The fraction of sp³-hybridized carbons (Fsp3) is 0.625. The summed E-state index contributed by atoms with van der Waals surface area (Å²) in [6, 6.07) is 7.16. The first-order chi connectivity index (χ1) is 8.77. The van der Waals surface area contributed by atoms with Gasteiger partial charge in [0.05, 0.1) is 0 Å². The molecule has 1 aromatic rings. The summed E-state index contributed by atoms with van der Waals surface area (Å²) in [5.41, 5.74) is 1.38. The van der Waals surface area contributed by atoms with Crippen LogP contribution in [0, 0.1) is 5.82 Å². The number of hydrogen-bond donors (Lipinski definition) is 1. The third-order valence-corrected chi connectivity index (χ3v) is 4.12. The predicted molar refractivity (Wildman–Crippen MR) is 74.3 cm³/mol. The molecule has 1 saturated heterocycles. The standard InChI is InChI=1S/C16H24FN/c1-2-3-4-5-6-10-16(12-18-13-16)14-8-7-9-15(17)11-14/h7-9,11,18H,2-6,10,12-13H2,1H3. The van der Waals surface area contributed by atoms with Crippen LogP contribution in [-0.2, 0) is 5.41 Å². The van der Waals surface area contributed by atoms with E-state index in [1.54, 1.807) is 6.07 Å². The lowest BCUT2D eigenvalue weighted by molar-refractivity contribution is 0.248. The van der Waals surface area contributed by atoms with E-state index in [0.29, 0.717) is 0 Å². The SMILES string of the molecule is CCCCCCCC1(c2cccc(F)c2)CNC1. The molecule has 0 radical (unpaired) electrons. The molecule has 1 nitrogen and oxygen atoms in total. The highest BCUT2D eigenvalue weighted by Gasteiger charge is 2.37. The number of benzene rings is 1. The summed E-state index contributed by atoms with van der Waals surface area (Å²) < 4.78 is 13.3. The van der Waals surface area contributed by atoms with Crippen molar-refractivity contribution in [1.29, 1.82) is 0 Å². The highest BCUT2D eigenvalue weighted by molar-refractivity contribution is 5.30. The van der Waals surface area contributed by atoms with Crippen molar-refractivity contribution < 1.29 is 4.39 Å². The zero-order valence-corrected chi connectivity index (χ0v) is 11.3. The average Bonchev–Trinajstić information content (AvgIpc) is 2.32. The summed E-state index contributed by atoms with van der Waals surface area (Å²) in [5, 5.41) is 3.35. The smallest absolute Gasteiger partial charge is 0.123 e. The topological polar surface area (TPSA) is 12.0 Å². The van der Waals surface area contributed by atoms with Crippen LogP contribution in [0.25, 0.3) is 0 Å². The first-order valence-electron chi connectivity index (χ1n) is 7.24. The van der Waals surface area contributed by atoms with Gasteiger partial charge in [-0.05, 0) is 24.1 Å². The van der Waals surface area contributed by atoms with E-state index in [1.807, 2.05) is 6.07 Å². The van der Waals surface area contributed by atoms with Crippen molar-refractivity contribution in [2.24, 2.45) is 0 Å². The molecule has 0 atom stereocenters. The van der Waals surface area contributed by atoms with Gasteiger partial charge in [-0.3, -0.25) is 0 Å². The monoisotopic (exact) mass is 249 g/mol. The van der Waals surface area contributed by atoms with Gasteiger partial charge in [0.15, 0.2) is 0 Å². The number of hydrogen-bond acceptors (Lipinski definition) is 1. The van der Waals surface area contributed by atoms with Crippen molar-refractivity contribution in [3.63, 3.8) is 0 Å². The number of rotatable bonds is 7. The number of nitrogens with one attached hydrogen (secondary N) is 1. The Labute approximate surface area is 110 Å². The minimum Gasteiger partial charge on any atom is -0.315 e. The molecule has 1 aliphatic heterocycles. The molecule has 1 heterocycles. The van der Waals surface area contributed by atoms with Crippen LogP contribution in [-0.4, -0.2) is 13.1 Å². The molecule has 0 bridgehead atoms. The van der Waals surface area contributed by atoms with Gasteiger partial charge < -0.3 is 5.32 Å². The van der Waals surface area contributed by atoms with Gasteiger partial charge in [-0.1, -0.05) is 51.2 Å². The van der Waals surface area contributed by atoms with Crippen LogP contribution in [0.2, 0.25) is 0 Å². The van der Waals surface area contributed by atoms with Gasteiger partial charge in [-0.25, -0.2) is 4.39 Å². The Balaban J connectivity index is 1.90. The summed E-state index contributed by atoms with van der Waals surface area (Å²) in [7, 11) is 0. The average molecular weight is 249 g/mol. The first kappa shape index (κ1) is 13.5. The zero-order chi connectivity index (χ0) is 12.8. The van der Waals surface area contributed by atoms with E-state index in [9.17, 15) is 4.39 Å². The number of halogens is 1. The third-order valence-electron chi connectivity index (χ3n) is 4.12. The molecule has 0 unspecified atom stereocenters. The fourth-order valence-electron chi connectivity index (χ4n) is 2.84. The molecule has 0 aliphatic carbocycles. The Morgan fingerprint density at radius 1 is 1.17 bits per heavy atom. The molecule has 0 spiro atoms. The maximum atomic E-state index is 13.3. The van der Waals surface area contributed by atoms with Crippen LogP contribution >= 0.6 is 0 Å². The minimum absolute atomic E-state index is 0.107. The van der Waals surface area contributed by atoms with Gasteiger partial charge in [-0.2, -0.15) is 0 Å². The van der Waals surface area contributed by atoms with Gasteiger partial charge in [0.2, 0.25) is 0 Å². The van der Waals surface area contributed by atoms with Crippen molar-refractivity contribution in [3.8, 4) is 0 Å². The Hall–Kier alpha value is -0.890. The largest absolute Gasteiger partial charge is 0.315 e. The maximum Gasteiger partial charge on any atom is 0.123 e. The van der Waals surface area contributed by atoms with Crippen LogP contribution in [0.5, 0.6) is 0 Å². The molecular formula is C16H24FN. The van der Waals surface area contributed by atoms with Crippen molar-refractivity contribution >= 4 is 0 Å². The Kier molecular flexibility index (Phi) is 4.76. The van der Waals surface area contributed by atoms with Crippen LogP contribution in [0.3, 0.4) is 0 Å². The molecule has 1 N–H and O–H groups in total. The van der Waals surface area contributed by atoms with E-state index in [1.165, 1.54) is 50.2 Å². The highest BCUT2D eigenvalue weighted by atomic mass is 19.1. The summed E-state index contributed by atoms with van der Waals surface area (Å²) in [6.07, 6.45) is 7.72. The van der Waals surface area contributed by atoms with Gasteiger partial charge >= 0.3 is 0 Å². The lowest BCUT2D eigenvalue weighted by Crippen LogP contribution is -2.56. The van der Waals surface area contributed by atoms with E-state index in [2.05, 4.69) is 18.3 Å². The van der Waals surface area contributed by atoms with E-state index in [4.69, 9.17) is 0 Å². The van der Waals surface area contributed by atoms with Gasteiger partial charge in [0, 0.05) is 18.5 Å². The van der Waals surface area contributed by atoms with Gasteiger partial charge in [0.1, 0.15) is 5.82 Å². The second kappa shape index (κ2) is 6.33. The van der Waals surface area contributed by atoms with Crippen LogP contribution in [0.1, 0.15) is 51.0 Å². The van der Waals surface area contributed by atoms with E-state index >= 15 is 0 Å². The predicted octanol–water partition coefficient (Wildman–Crippen LogP) is 4.03. The van der Waals surface area contributed by atoms with Crippen molar-refractivity contribution in [2.75, 3.05) is 13.1 Å². The third kappa shape index (κ3) is 3.11. The molecule has 1 aliphatic rings. The lowest BCUT2D eigenvalue weighted by atomic mass is 9.71. The molecule has 2 heteroatoms. The molecule has 18 heavy (non-hydrogen) atoms. The second-order valence-corrected chi connectivity index (χ2v) is 5.56. The maximum absolute atomic E-state index is 13.3. The molecule has 0 aromatic heterocycles. The van der Waals surface area contributed by atoms with Crippen molar-refractivity contribution in [3.05, 3.63) is 35.6 Å². The van der Waals surface area contributed by atoms with E-state index < -0.39 is 0 Å². The Morgan fingerprint density at radius 2 is 1.94 bits per heavy atom. The second-order valence-electron chi connectivity index (χ2n) is 5.56. The van der Waals surface area contributed by atoms with Crippen LogP contribution < -0.4 is 5.32 Å². The lowest BCUT2D eigenvalue weighted by Gasteiger charge is -2.43. The summed E-state index contributed by atoms with van der Waals surface area (Å²) in [5.74, 6) is -0.107. The van der Waals surface area contributed by atoms with Crippen LogP contribution in [0.15, 0.2) is 24.3 Å². The van der Waals surface area contributed by atoms with Gasteiger partial charge in [-0.15, -0.1) is 0 Å². The van der Waals surface area contributed by atoms with Crippen molar-refractivity contribution in [1.82, 2.24) is 5.32 Å². The summed E-state index contributed by atoms with van der Waals surface area (Å²) in [6.45, 7) is 4.25. The number of unbranched alkanes of at least 4 members (excludes halogenated alkanes) is 4. The van der Waals surface area contributed by atoms with Crippen LogP contribution in [0.4, 0.5) is 4.39 Å². The Bertz CT molecular complexity index is 371. The van der Waals surface area contributed by atoms with Crippen molar-refractivity contribution in [2.45, 2.75) is 50.9 Å².